The van der Waals surface area contributed by atoms with Gasteiger partial charge < -0.3 is 24.2 Å². The molecule has 184 valence electrons. The first-order valence-corrected chi connectivity index (χ1v) is 12.0. The normalized spacial score (nSPS) is 16.6. The van der Waals surface area contributed by atoms with E-state index < -0.39 is 17.9 Å². The Hall–Kier alpha value is -3.41. The van der Waals surface area contributed by atoms with Crippen LogP contribution in [0.2, 0.25) is 0 Å². The third kappa shape index (κ3) is 6.59. The van der Waals surface area contributed by atoms with Crippen LogP contribution in [-0.2, 0) is 4.79 Å². The highest BCUT2D eigenvalue weighted by atomic mass is 16.6. The van der Waals surface area contributed by atoms with Gasteiger partial charge in [0.2, 0.25) is 0 Å². The number of Topliss-reactive ketones (excluding diaryl/α,β-unsaturated/α-hetero) is 1. The van der Waals surface area contributed by atoms with Gasteiger partial charge in [-0.2, -0.15) is 0 Å². The fourth-order valence-corrected chi connectivity index (χ4v) is 4.28. The Labute approximate surface area is 205 Å². The summed E-state index contributed by atoms with van der Waals surface area (Å²) in [7, 11) is 1.56. The third-order valence-electron chi connectivity index (χ3n) is 6.28. The van der Waals surface area contributed by atoms with Crippen molar-refractivity contribution in [3.05, 3.63) is 58.4 Å². The van der Waals surface area contributed by atoms with Gasteiger partial charge in [-0.25, -0.2) is 4.79 Å². The first-order valence-electron chi connectivity index (χ1n) is 12.0. The van der Waals surface area contributed by atoms with E-state index in [0.29, 0.717) is 48.1 Å². The van der Waals surface area contributed by atoms with Gasteiger partial charge in [-0.3, -0.25) is 4.79 Å². The highest BCUT2D eigenvalue weighted by Crippen LogP contribution is 2.34. The molecule has 2 atom stereocenters. The number of carbonyl (C=O) groups is 2. The molecule has 1 amide bonds. The van der Waals surface area contributed by atoms with Gasteiger partial charge in [0, 0.05) is 23.4 Å². The first-order chi connectivity index (χ1) is 17.0. The number of ether oxygens (including phenoxy) is 3. The summed E-state index contributed by atoms with van der Waals surface area (Å²) in [5, 5.41) is 11.1. The van der Waals surface area contributed by atoms with Gasteiger partial charge in [0.05, 0.1) is 7.11 Å². The summed E-state index contributed by atoms with van der Waals surface area (Å²) in [5.74, 6) is 0.832. The molecule has 1 fully saturated rings. The molecule has 2 aliphatic heterocycles. The van der Waals surface area contributed by atoms with Gasteiger partial charge in [0.25, 0.3) is 6.07 Å². The fraction of sp³-hybridized carbons (Fsp3) is 0.444. The molecule has 0 saturated carbocycles. The molecule has 0 aliphatic carbocycles. The maximum atomic E-state index is 12.4. The Bertz CT molecular complexity index is 1100. The highest BCUT2D eigenvalue weighted by molar-refractivity contribution is 5.99. The number of amides is 1. The average molecular weight is 480 g/mol. The number of nitrogens with zero attached hydrogens (tertiary/aromatic N) is 2. The number of aliphatic hydroxyl groups excluding tert-OH is 1. The number of hydrogen-bond acceptors (Lipinski definition) is 7. The van der Waals surface area contributed by atoms with Crippen LogP contribution in [0.3, 0.4) is 0 Å². The summed E-state index contributed by atoms with van der Waals surface area (Å²) < 4.78 is 16.3. The predicted molar refractivity (Wildman–Crippen MR) is 130 cm³/mol. The Kier molecular flexibility index (Phi) is 8.35. The Morgan fingerprint density at radius 1 is 1.06 bits per heavy atom. The second kappa shape index (κ2) is 11.8. The van der Waals surface area contributed by atoms with Crippen molar-refractivity contribution in [2.75, 3.05) is 40.0 Å². The molecule has 8 nitrogen and oxygen atoms in total. The first kappa shape index (κ1) is 24.7. The van der Waals surface area contributed by atoms with E-state index in [-0.39, 0.29) is 18.6 Å². The molecule has 35 heavy (non-hydrogen) atoms. The fourth-order valence-electron chi connectivity index (χ4n) is 4.28. The van der Waals surface area contributed by atoms with E-state index in [2.05, 4.69) is 15.8 Å². The topological polar surface area (TPSA) is 89.7 Å². The number of fused-ring (bicyclic) bond motifs is 1. The molecule has 1 saturated heterocycles. The minimum absolute atomic E-state index is 0.0194. The van der Waals surface area contributed by atoms with E-state index in [1.807, 2.05) is 0 Å². The summed E-state index contributed by atoms with van der Waals surface area (Å²) in [6.07, 6.45) is 1.34. The lowest BCUT2D eigenvalue weighted by Gasteiger charge is -2.23. The molecule has 2 aromatic rings. The van der Waals surface area contributed by atoms with Crippen LogP contribution < -0.4 is 14.2 Å². The van der Waals surface area contributed by atoms with Crippen molar-refractivity contribution < 1.29 is 28.9 Å². The number of carbonyl (C=O) groups excluding carboxylic acids is 2. The number of benzene rings is 2. The average Bonchev–Trinajstić information content (AvgIpc) is 3.42. The largest absolute Gasteiger partial charge is 0.515 e. The summed E-state index contributed by atoms with van der Waals surface area (Å²) >= 11 is 0. The quantitative estimate of drug-likeness (QED) is 0.548. The molecule has 8 heteroatoms. The van der Waals surface area contributed by atoms with Crippen LogP contribution in [0, 0.1) is 12.0 Å². The highest BCUT2D eigenvalue weighted by Gasteiger charge is 2.30. The van der Waals surface area contributed by atoms with Crippen LogP contribution in [0.15, 0.2) is 42.5 Å². The van der Waals surface area contributed by atoms with Crippen molar-refractivity contribution in [1.29, 1.82) is 0 Å². The molecule has 2 aliphatic rings. The minimum Gasteiger partial charge on any atom is -0.497 e. The lowest BCUT2D eigenvalue weighted by Crippen LogP contribution is -2.29. The van der Waals surface area contributed by atoms with E-state index in [0.717, 1.165) is 25.9 Å². The molecule has 1 unspecified atom stereocenters. The van der Waals surface area contributed by atoms with E-state index in [1.54, 1.807) is 49.6 Å². The maximum absolute atomic E-state index is 12.4. The zero-order valence-corrected chi connectivity index (χ0v) is 19.9. The molecule has 2 heterocycles. The second-order valence-corrected chi connectivity index (χ2v) is 8.75. The monoisotopic (exact) mass is 479 g/mol. The third-order valence-corrected chi connectivity index (χ3v) is 6.28. The lowest BCUT2D eigenvalue weighted by atomic mass is 9.96. The van der Waals surface area contributed by atoms with Crippen LogP contribution >= 0.6 is 0 Å². The number of ketones is 1. The lowest BCUT2D eigenvalue weighted by molar-refractivity contribution is -0.114. The number of aliphatic hydroxyl groups is 1. The predicted octanol–water partition coefficient (Wildman–Crippen LogP) is 3.73. The SMILES string of the molecule is COc1ccc(C(=O)CCC(=O)[N+]#CC(CN2CCCC2)[C@H](O)c2ccc3c(c2)OCCO3)cc1. The summed E-state index contributed by atoms with van der Waals surface area (Å²) in [5.41, 5.74) is 1.18. The maximum Gasteiger partial charge on any atom is 0.515 e. The molecule has 0 spiro atoms. The van der Waals surface area contributed by atoms with Crippen molar-refractivity contribution in [2.24, 2.45) is 5.92 Å². The van der Waals surface area contributed by atoms with E-state index in [4.69, 9.17) is 14.2 Å². The van der Waals surface area contributed by atoms with Crippen molar-refractivity contribution in [1.82, 2.24) is 4.90 Å². The molecular formula is C27H31N2O6+. The van der Waals surface area contributed by atoms with Crippen LogP contribution in [0.1, 0.15) is 47.7 Å². The van der Waals surface area contributed by atoms with Crippen molar-refractivity contribution in [2.45, 2.75) is 31.8 Å². The Morgan fingerprint density at radius 2 is 1.77 bits per heavy atom. The van der Waals surface area contributed by atoms with Gasteiger partial charge in [-0.15, -0.1) is 0 Å². The zero-order chi connectivity index (χ0) is 24.6. The minimum atomic E-state index is -0.913. The number of likely N-dealkylation sites (tertiary alicyclic amines) is 1. The van der Waals surface area contributed by atoms with Crippen LogP contribution in [0.25, 0.3) is 4.85 Å². The molecule has 1 N–H and O–H groups in total. The number of rotatable bonds is 9. The van der Waals surface area contributed by atoms with Crippen LogP contribution in [0.5, 0.6) is 17.2 Å². The van der Waals surface area contributed by atoms with E-state index >= 15 is 0 Å². The molecular weight excluding hydrogens is 448 g/mol. The van der Waals surface area contributed by atoms with Crippen LogP contribution in [-0.4, -0.2) is 61.7 Å². The summed E-state index contributed by atoms with van der Waals surface area (Å²) in [6, 6.07) is 15.0. The van der Waals surface area contributed by atoms with Crippen LogP contribution in [0.4, 0.5) is 0 Å². The van der Waals surface area contributed by atoms with Gasteiger partial charge in [-0.05, 0) is 67.9 Å². The number of methoxy groups -OCH3 is 1. The summed E-state index contributed by atoms with van der Waals surface area (Å²) in [4.78, 5) is 31.1. The van der Waals surface area contributed by atoms with Gasteiger partial charge >= 0.3 is 5.91 Å². The molecule has 0 aromatic heterocycles. The van der Waals surface area contributed by atoms with Crippen molar-refractivity contribution in [3.63, 3.8) is 0 Å². The Morgan fingerprint density at radius 3 is 2.49 bits per heavy atom. The van der Waals surface area contributed by atoms with E-state index in [1.165, 1.54) is 0 Å². The van der Waals surface area contributed by atoms with Gasteiger partial charge in [-0.1, -0.05) is 6.07 Å². The summed E-state index contributed by atoms with van der Waals surface area (Å²) in [6.45, 7) is 3.38. The van der Waals surface area contributed by atoms with Crippen molar-refractivity contribution in [3.8, 4) is 23.3 Å². The number of hydrogen-bond donors (Lipinski definition) is 1. The van der Waals surface area contributed by atoms with Crippen molar-refractivity contribution >= 4 is 11.7 Å². The second-order valence-electron chi connectivity index (χ2n) is 8.75. The zero-order valence-electron chi connectivity index (χ0n) is 19.9. The van der Waals surface area contributed by atoms with Gasteiger partial charge in [0.1, 0.15) is 37.4 Å². The molecule has 2 aromatic carbocycles. The Balaban J connectivity index is 1.41. The van der Waals surface area contributed by atoms with E-state index in [9.17, 15) is 14.7 Å². The molecule has 0 radical (unpaired) electrons. The standard InChI is InChI=1S/C27H31N2O6/c1-33-22-7-4-19(5-8-22)23(30)9-11-26(31)28-17-21(18-29-12-2-3-13-29)27(32)20-6-10-24-25(16-20)35-15-14-34-24/h4-8,10,16,21,27,32H,2-3,9,11-15,18H2,1H3/q+1/t21?,27-/m1/s1. The molecule has 4 rings (SSSR count). The smallest absolute Gasteiger partial charge is 0.497 e. The molecule has 0 bridgehead atoms. The van der Waals surface area contributed by atoms with Gasteiger partial charge in [0.15, 0.2) is 17.3 Å².